The molecule has 1 aromatic rings. The summed E-state index contributed by atoms with van der Waals surface area (Å²) < 4.78 is 0. The Labute approximate surface area is 112 Å². The molecule has 6 nitrogen and oxygen atoms in total. The van der Waals surface area contributed by atoms with E-state index in [1.165, 1.54) is 0 Å². The number of primary amides is 2. The Morgan fingerprint density at radius 2 is 1.79 bits per heavy atom. The third-order valence-electron chi connectivity index (χ3n) is 3.42. The zero-order chi connectivity index (χ0) is 14.0. The van der Waals surface area contributed by atoms with E-state index in [9.17, 15) is 9.59 Å². The van der Waals surface area contributed by atoms with Gasteiger partial charge in [-0.05, 0) is 31.2 Å². The van der Waals surface area contributed by atoms with Gasteiger partial charge in [-0.2, -0.15) is 0 Å². The molecule has 1 atom stereocenters. The first kappa shape index (κ1) is 13.2. The van der Waals surface area contributed by atoms with E-state index >= 15 is 0 Å². The van der Waals surface area contributed by atoms with Crippen LogP contribution in [0.15, 0.2) is 24.3 Å². The molecule has 1 aliphatic rings. The van der Waals surface area contributed by atoms with Crippen LogP contribution in [0.3, 0.4) is 0 Å². The lowest BCUT2D eigenvalue weighted by Gasteiger charge is -2.40. The highest BCUT2D eigenvalue weighted by atomic mass is 16.2. The maximum atomic E-state index is 11.1. The number of piperazine rings is 1. The zero-order valence-electron chi connectivity index (χ0n) is 10.9. The van der Waals surface area contributed by atoms with Crippen molar-refractivity contribution < 1.29 is 9.59 Å². The van der Waals surface area contributed by atoms with Crippen molar-refractivity contribution in [3.8, 4) is 0 Å². The van der Waals surface area contributed by atoms with E-state index in [-0.39, 0.29) is 12.1 Å². The normalized spacial score (nSPS) is 19.3. The van der Waals surface area contributed by atoms with Crippen molar-refractivity contribution in [3.63, 3.8) is 0 Å². The molecule has 1 saturated heterocycles. The lowest BCUT2D eigenvalue weighted by Crippen LogP contribution is -2.55. The molecule has 0 saturated carbocycles. The summed E-state index contributed by atoms with van der Waals surface area (Å²) in [4.78, 5) is 26.0. The molecule has 3 amide bonds. The molecule has 0 radical (unpaired) electrons. The van der Waals surface area contributed by atoms with Crippen LogP contribution in [0.1, 0.15) is 17.3 Å². The second-order valence-electron chi connectivity index (χ2n) is 4.74. The Morgan fingerprint density at radius 3 is 2.26 bits per heavy atom. The summed E-state index contributed by atoms with van der Waals surface area (Å²) >= 11 is 0. The number of hydrogen-bond acceptors (Lipinski definition) is 3. The second kappa shape index (κ2) is 5.17. The van der Waals surface area contributed by atoms with Crippen LogP contribution in [0.4, 0.5) is 10.5 Å². The lowest BCUT2D eigenvalue weighted by atomic mass is 10.1. The van der Waals surface area contributed by atoms with Gasteiger partial charge < -0.3 is 21.3 Å². The average Bonchev–Trinajstić information content (AvgIpc) is 2.38. The van der Waals surface area contributed by atoms with Gasteiger partial charge in [-0.1, -0.05) is 0 Å². The predicted octanol–water partition coefficient (Wildman–Crippen LogP) is 0.375. The molecule has 102 valence electrons. The molecule has 6 heteroatoms. The third-order valence-corrected chi connectivity index (χ3v) is 3.42. The fourth-order valence-corrected chi connectivity index (χ4v) is 2.36. The number of nitrogens with zero attached hydrogens (tertiary/aromatic N) is 2. The van der Waals surface area contributed by atoms with E-state index in [1.807, 2.05) is 19.1 Å². The monoisotopic (exact) mass is 262 g/mol. The molecule has 0 aliphatic carbocycles. The summed E-state index contributed by atoms with van der Waals surface area (Å²) in [7, 11) is 0. The number of urea groups is 1. The van der Waals surface area contributed by atoms with Crippen molar-refractivity contribution in [1.82, 2.24) is 4.90 Å². The molecule has 4 N–H and O–H groups in total. The number of nitrogens with two attached hydrogens (primary N) is 2. The van der Waals surface area contributed by atoms with Crippen molar-refractivity contribution in [2.75, 3.05) is 24.5 Å². The summed E-state index contributed by atoms with van der Waals surface area (Å²) in [5, 5.41) is 0. The quantitative estimate of drug-likeness (QED) is 0.806. The Balaban J connectivity index is 2.10. The fourth-order valence-electron chi connectivity index (χ4n) is 2.36. The summed E-state index contributed by atoms with van der Waals surface area (Å²) in [5.41, 5.74) is 12.0. The third kappa shape index (κ3) is 2.78. The van der Waals surface area contributed by atoms with Crippen molar-refractivity contribution in [3.05, 3.63) is 29.8 Å². The van der Waals surface area contributed by atoms with Crippen LogP contribution < -0.4 is 16.4 Å². The minimum Gasteiger partial charge on any atom is -0.366 e. The van der Waals surface area contributed by atoms with Crippen LogP contribution in [0, 0.1) is 0 Å². The van der Waals surface area contributed by atoms with Crippen molar-refractivity contribution in [2.45, 2.75) is 13.0 Å². The lowest BCUT2D eigenvalue weighted by molar-refractivity contribution is 0.1000. The fraction of sp³-hybridized carbons (Fsp3) is 0.385. The molecule has 1 fully saturated rings. The number of benzene rings is 1. The van der Waals surface area contributed by atoms with Gasteiger partial charge in [0.15, 0.2) is 0 Å². The van der Waals surface area contributed by atoms with Crippen LogP contribution in [-0.2, 0) is 0 Å². The molecular weight excluding hydrogens is 244 g/mol. The molecule has 1 aliphatic heterocycles. The van der Waals surface area contributed by atoms with Gasteiger partial charge in [-0.15, -0.1) is 0 Å². The Kier molecular flexibility index (Phi) is 3.59. The van der Waals surface area contributed by atoms with Gasteiger partial charge in [0.1, 0.15) is 0 Å². The Hall–Kier alpha value is -2.24. The van der Waals surface area contributed by atoms with Gasteiger partial charge in [0, 0.05) is 36.9 Å². The van der Waals surface area contributed by atoms with Gasteiger partial charge in [0.25, 0.3) is 0 Å². The van der Waals surface area contributed by atoms with Crippen molar-refractivity contribution in [1.29, 1.82) is 0 Å². The number of carbonyl (C=O) groups is 2. The topological polar surface area (TPSA) is 92.7 Å². The zero-order valence-corrected chi connectivity index (χ0v) is 10.9. The minimum atomic E-state index is -0.432. The molecule has 0 aromatic heterocycles. The van der Waals surface area contributed by atoms with E-state index in [0.717, 1.165) is 12.2 Å². The first-order valence-corrected chi connectivity index (χ1v) is 6.20. The van der Waals surface area contributed by atoms with Crippen LogP contribution in [-0.4, -0.2) is 42.5 Å². The van der Waals surface area contributed by atoms with Gasteiger partial charge >= 0.3 is 6.03 Å². The number of rotatable bonds is 2. The molecule has 1 aromatic carbocycles. The van der Waals surface area contributed by atoms with Crippen LogP contribution in [0.5, 0.6) is 0 Å². The second-order valence-corrected chi connectivity index (χ2v) is 4.74. The Bertz CT molecular complexity index is 486. The van der Waals surface area contributed by atoms with E-state index in [4.69, 9.17) is 11.5 Å². The van der Waals surface area contributed by atoms with Crippen molar-refractivity contribution >= 4 is 17.6 Å². The Morgan fingerprint density at radius 1 is 1.16 bits per heavy atom. The highest BCUT2D eigenvalue weighted by Gasteiger charge is 2.25. The molecule has 0 bridgehead atoms. The van der Waals surface area contributed by atoms with Crippen LogP contribution >= 0.6 is 0 Å². The summed E-state index contributed by atoms with van der Waals surface area (Å²) in [6, 6.07) is 6.97. The van der Waals surface area contributed by atoms with Crippen molar-refractivity contribution in [2.24, 2.45) is 11.5 Å². The summed E-state index contributed by atoms with van der Waals surface area (Å²) in [5.74, 6) is -0.432. The maximum absolute atomic E-state index is 11.1. The maximum Gasteiger partial charge on any atom is 0.314 e. The molecular formula is C13H18N4O2. The molecule has 2 rings (SSSR count). The summed E-state index contributed by atoms with van der Waals surface area (Å²) in [6.07, 6.45) is 0. The van der Waals surface area contributed by atoms with Crippen LogP contribution in [0.25, 0.3) is 0 Å². The number of anilines is 1. The number of carbonyl (C=O) groups excluding carboxylic acids is 2. The van der Waals surface area contributed by atoms with E-state index in [2.05, 4.69) is 4.90 Å². The van der Waals surface area contributed by atoms with E-state index < -0.39 is 5.91 Å². The smallest absolute Gasteiger partial charge is 0.314 e. The van der Waals surface area contributed by atoms with Gasteiger partial charge in [0.05, 0.1) is 0 Å². The first-order chi connectivity index (χ1) is 8.99. The highest BCUT2D eigenvalue weighted by molar-refractivity contribution is 5.93. The van der Waals surface area contributed by atoms with Gasteiger partial charge in [-0.3, -0.25) is 4.79 Å². The predicted molar refractivity (Wildman–Crippen MR) is 72.9 cm³/mol. The summed E-state index contributed by atoms with van der Waals surface area (Å²) in [6.45, 7) is 3.97. The molecule has 0 spiro atoms. The molecule has 1 heterocycles. The largest absolute Gasteiger partial charge is 0.366 e. The van der Waals surface area contributed by atoms with Gasteiger partial charge in [-0.25, -0.2) is 4.79 Å². The van der Waals surface area contributed by atoms with Crippen LogP contribution in [0.2, 0.25) is 0 Å². The standard InChI is InChI=1S/C13H18N4O2/c1-9-8-16(13(15)19)6-7-17(9)11-4-2-10(3-5-11)12(14)18/h2-5,9H,6-8H2,1H3,(H2,14,18)(H2,15,19). The van der Waals surface area contributed by atoms with E-state index in [1.54, 1.807) is 17.0 Å². The highest BCUT2D eigenvalue weighted by Crippen LogP contribution is 2.21. The SMILES string of the molecule is CC1CN(C(N)=O)CCN1c1ccc(C(N)=O)cc1. The average molecular weight is 262 g/mol. The number of hydrogen-bond donors (Lipinski definition) is 2. The van der Waals surface area contributed by atoms with Gasteiger partial charge in [0.2, 0.25) is 5.91 Å². The minimum absolute atomic E-state index is 0.181. The molecule has 1 unspecified atom stereocenters. The number of amides is 3. The molecule has 19 heavy (non-hydrogen) atoms. The first-order valence-electron chi connectivity index (χ1n) is 6.20. The van der Waals surface area contributed by atoms with E-state index in [0.29, 0.717) is 18.7 Å².